The van der Waals surface area contributed by atoms with Gasteiger partial charge in [-0.1, -0.05) is 49.4 Å². The molecule has 0 aliphatic rings. The third-order valence-electron chi connectivity index (χ3n) is 4.15. The van der Waals surface area contributed by atoms with Gasteiger partial charge in [0.25, 0.3) is 0 Å². The Hall–Kier alpha value is -2.65. The summed E-state index contributed by atoms with van der Waals surface area (Å²) >= 11 is 0. The maximum Gasteiger partial charge on any atom is 0.146 e. The Labute approximate surface area is 134 Å². The molecule has 0 spiro atoms. The molecular formula is C20H17NO2. The number of aromatic nitrogens is 1. The lowest BCUT2D eigenvalue weighted by Crippen LogP contribution is -1.91. The summed E-state index contributed by atoms with van der Waals surface area (Å²) in [5.74, 6) is 0.595. The highest BCUT2D eigenvalue weighted by atomic mass is 16.4. The van der Waals surface area contributed by atoms with Crippen molar-refractivity contribution >= 4 is 21.9 Å². The number of hydrogen-bond donors (Lipinski definition) is 1. The molecule has 1 unspecified atom stereocenters. The van der Waals surface area contributed by atoms with Gasteiger partial charge in [-0.15, -0.1) is 0 Å². The van der Waals surface area contributed by atoms with Crippen LogP contribution < -0.4 is 0 Å². The fourth-order valence-electron chi connectivity index (χ4n) is 2.91. The minimum atomic E-state index is -0.593. The summed E-state index contributed by atoms with van der Waals surface area (Å²) in [4.78, 5) is 4.83. The minimum absolute atomic E-state index is 0.593. The number of aliphatic hydroxyl groups excluding tert-OH is 1. The number of furan rings is 1. The van der Waals surface area contributed by atoms with Crippen molar-refractivity contribution in [3.8, 4) is 11.3 Å². The van der Waals surface area contributed by atoms with E-state index >= 15 is 0 Å². The van der Waals surface area contributed by atoms with Crippen molar-refractivity contribution in [3.63, 3.8) is 0 Å². The predicted molar refractivity (Wildman–Crippen MR) is 92.2 cm³/mol. The topological polar surface area (TPSA) is 46.3 Å². The van der Waals surface area contributed by atoms with E-state index in [-0.39, 0.29) is 0 Å². The van der Waals surface area contributed by atoms with Crippen molar-refractivity contribution < 1.29 is 9.52 Å². The zero-order valence-electron chi connectivity index (χ0n) is 12.9. The molecule has 2 heterocycles. The van der Waals surface area contributed by atoms with Crippen molar-refractivity contribution in [1.29, 1.82) is 0 Å². The number of fused-ring (bicyclic) bond motifs is 3. The first-order chi connectivity index (χ1) is 11.3. The Morgan fingerprint density at radius 3 is 2.52 bits per heavy atom. The maximum atomic E-state index is 10.1. The van der Waals surface area contributed by atoms with Crippen LogP contribution in [0, 0.1) is 0 Å². The van der Waals surface area contributed by atoms with E-state index in [0.29, 0.717) is 12.2 Å². The van der Waals surface area contributed by atoms with Gasteiger partial charge in [0.15, 0.2) is 0 Å². The molecular weight excluding hydrogens is 286 g/mol. The SMILES string of the molecule is CCC(O)c1cc2c(-c3ccccc3)nc3ccccc3c2o1. The van der Waals surface area contributed by atoms with Gasteiger partial charge < -0.3 is 9.52 Å². The summed E-state index contributed by atoms with van der Waals surface area (Å²) in [5, 5.41) is 12.1. The highest BCUT2D eigenvalue weighted by molar-refractivity contribution is 6.08. The molecule has 0 radical (unpaired) electrons. The average molecular weight is 303 g/mol. The number of benzene rings is 2. The van der Waals surface area contributed by atoms with Crippen LogP contribution in [0.1, 0.15) is 25.2 Å². The first kappa shape index (κ1) is 14.0. The van der Waals surface area contributed by atoms with Gasteiger partial charge in [-0.2, -0.15) is 0 Å². The van der Waals surface area contributed by atoms with Crippen LogP contribution in [0.3, 0.4) is 0 Å². The fourth-order valence-corrected chi connectivity index (χ4v) is 2.91. The summed E-state index contributed by atoms with van der Waals surface area (Å²) < 4.78 is 6.01. The second kappa shape index (κ2) is 5.52. The molecule has 4 aromatic rings. The number of nitrogens with zero attached hydrogens (tertiary/aromatic N) is 1. The normalized spacial score (nSPS) is 12.8. The van der Waals surface area contributed by atoms with E-state index in [0.717, 1.165) is 33.1 Å². The van der Waals surface area contributed by atoms with Crippen LogP contribution in [-0.2, 0) is 0 Å². The molecule has 0 saturated carbocycles. The van der Waals surface area contributed by atoms with Crippen molar-refractivity contribution in [2.24, 2.45) is 0 Å². The van der Waals surface area contributed by atoms with Crippen molar-refractivity contribution in [2.75, 3.05) is 0 Å². The molecule has 3 heteroatoms. The van der Waals surface area contributed by atoms with Crippen LogP contribution in [0.5, 0.6) is 0 Å². The lowest BCUT2D eigenvalue weighted by Gasteiger charge is -2.05. The number of pyridine rings is 1. The number of para-hydroxylation sites is 1. The van der Waals surface area contributed by atoms with E-state index in [2.05, 4.69) is 0 Å². The second-order valence-electron chi connectivity index (χ2n) is 5.66. The molecule has 0 fully saturated rings. The molecule has 0 amide bonds. The monoisotopic (exact) mass is 303 g/mol. The maximum absolute atomic E-state index is 10.1. The van der Waals surface area contributed by atoms with E-state index in [1.807, 2.05) is 67.6 Å². The molecule has 114 valence electrons. The Kier molecular flexibility index (Phi) is 3.36. The first-order valence-corrected chi connectivity index (χ1v) is 7.83. The molecule has 2 aromatic heterocycles. The lowest BCUT2D eigenvalue weighted by atomic mass is 10.0. The first-order valence-electron chi connectivity index (χ1n) is 7.83. The predicted octanol–water partition coefficient (Wildman–Crippen LogP) is 5.09. The standard InChI is InChI=1S/C20H17NO2/c1-2-17(22)18-12-15-19(13-8-4-3-5-9-13)21-16-11-7-6-10-14(16)20(15)23-18/h3-12,17,22H,2H2,1H3. The smallest absolute Gasteiger partial charge is 0.146 e. The molecule has 0 aliphatic heterocycles. The van der Waals surface area contributed by atoms with E-state index < -0.39 is 6.10 Å². The molecule has 1 atom stereocenters. The Bertz CT molecular complexity index is 973. The zero-order valence-corrected chi connectivity index (χ0v) is 12.9. The molecule has 0 bridgehead atoms. The zero-order chi connectivity index (χ0) is 15.8. The van der Waals surface area contributed by atoms with Crippen LogP contribution >= 0.6 is 0 Å². The lowest BCUT2D eigenvalue weighted by molar-refractivity contribution is 0.148. The Balaban J connectivity index is 2.09. The van der Waals surface area contributed by atoms with Crippen molar-refractivity contribution in [3.05, 3.63) is 66.4 Å². The molecule has 23 heavy (non-hydrogen) atoms. The summed E-state index contributed by atoms with van der Waals surface area (Å²) in [7, 11) is 0. The van der Waals surface area contributed by atoms with Gasteiger partial charge in [0.1, 0.15) is 17.4 Å². The number of hydrogen-bond acceptors (Lipinski definition) is 3. The van der Waals surface area contributed by atoms with Crippen LogP contribution in [0.2, 0.25) is 0 Å². The quantitative estimate of drug-likeness (QED) is 0.573. The van der Waals surface area contributed by atoms with Gasteiger partial charge in [0.2, 0.25) is 0 Å². The van der Waals surface area contributed by atoms with Crippen molar-refractivity contribution in [2.45, 2.75) is 19.4 Å². The molecule has 0 saturated heterocycles. The third kappa shape index (κ3) is 2.30. The third-order valence-corrected chi connectivity index (χ3v) is 4.15. The van der Waals surface area contributed by atoms with Crippen LogP contribution in [0.4, 0.5) is 0 Å². The van der Waals surface area contributed by atoms with Gasteiger partial charge >= 0.3 is 0 Å². The highest BCUT2D eigenvalue weighted by Crippen LogP contribution is 2.36. The molecule has 4 rings (SSSR count). The minimum Gasteiger partial charge on any atom is -0.458 e. The van der Waals surface area contributed by atoms with Gasteiger partial charge in [-0.25, -0.2) is 4.98 Å². The second-order valence-corrected chi connectivity index (χ2v) is 5.66. The average Bonchev–Trinajstić information content (AvgIpc) is 3.06. The highest BCUT2D eigenvalue weighted by Gasteiger charge is 2.18. The Morgan fingerprint density at radius 2 is 1.74 bits per heavy atom. The summed E-state index contributed by atoms with van der Waals surface area (Å²) in [5.41, 5.74) is 3.61. The summed E-state index contributed by atoms with van der Waals surface area (Å²) in [6, 6.07) is 19.9. The van der Waals surface area contributed by atoms with Gasteiger partial charge in [-0.05, 0) is 24.6 Å². The van der Waals surface area contributed by atoms with E-state index in [4.69, 9.17) is 9.40 Å². The largest absolute Gasteiger partial charge is 0.458 e. The van der Waals surface area contributed by atoms with E-state index in [9.17, 15) is 5.11 Å². The summed E-state index contributed by atoms with van der Waals surface area (Å²) in [6.45, 7) is 1.94. The molecule has 2 aromatic carbocycles. The molecule has 0 aliphatic carbocycles. The number of aliphatic hydroxyl groups is 1. The van der Waals surface area contributed by atoms with Gasteiger partial charge in [0.05, 0.1) is 11.2 Å². The van der Waals surface area contributed by atoms with Crippen LogP contribution in [-0.4, -0.2) is 10.1 Å². The molecule has 1 N–H and O–H groups in total. The molecule has 3 nitrogen and oxygen atoms in total. The van der Waals surface area contributed by atoms with Gasteiger partial charge in [0, 0.05) is 16.3 Å². The number of rotatable bonds is 3. The van der Waals surface area contributed by atoms with E-state index in [1.54, 1.807) is 0 Å². The van der Waals surface area contributed by atoms with Crippen molar-refractivity contribution in [1.82, 2.24) is 4.98 Å². The van der Waals surface area contributed by atoms with Gasteiger partial charge in [-0.3, -0.25) is 0 Å². The fraction of sp³-hybridized carbons (Fsp3) is 0.150. The van der Waals surface area contributed by atoms with Crippen LogP contribution in [0.15, 0.2) is 65.1 Å². The summed E-state index contributed by atoms with van der Waals surface area (Å²) in [6.07, 6.45) is 0.0241. The van der Waals surface area contributed by atoms with E-state index in [1.165, 1.54) is 0 Å². The Morgan fingerprint density at radius 1 is 1.00 bits per heavy atom. The van der Waals surface area contributed by atoms with Crippen LogP contribution in [0.25, 0.3) is 33.1 Å².